The van der Waals surface area contributed by atoms with Crippen LogP contribution < -0.4 is 9.80 Å². The van der Waals surface area contributed by atoms with Gasteiger partial charge in [-0.15, -0.1) is 10.2 Å². The second-order valence-corrected chi connectivity index (χ2v) is 6.55. The molecule has 0 unspecified atom stereocenters. The zero-order valence-electron chi connectivity index (χ0n) is 15.0. The van der Waals surface area contributed by atoms with E-state index in [4.69, 9.17) is 19.4 Å². The van der Waals surface area contributed by atoms with Gasteiger partial charge < -0.3 is 19.3 Å². The molecule has 0 saturated carbocycles. The summed E-state index contributed by atoms with van der Waals surface area (Å²) in [6, 6.07) is 10.0. The van der Waals surface area contributed by atoms with Gasteiger partial charge in [0, 0.05) is 31.7 Å². The lowest BCUT2D eigenvalue weighted by Gasteiger charge is -2.31. The maximum absolute atomic E-state index is 5.52. The van der Waals surface area contributed by atoms with Gasteiger partial charge in [0.25, 0.3) is 5.78 Å². The highest BCUT2D eigenvalue weighted by atomic mass is 16.5. The van der Waals surface area contributed by atoms with Gasteiger partial charge in [0.05, 0.1) is 26.4 Å². The molecule has 2 aliphatic rings. The van der Waals surface area contributed by atoms with Crippen molar-refractivity contribution < 1.29 is 9.47 Å². The van der Waals surface area contributed by atoms with E-state index in [1.165, 1.54) is 0 Å². The van der Waals surface area contributed by atoms with Crippen LogP contribution in [0, 0.1) is 0 Å². The third kappa shape index (κ3) is 3.08. The number of benzene rings is 1. The molecule has 3 aromatic rings. The quantitative estimate of drug-likeness (QED) is 0.674. The van der Waals surface area contributed by atoms with Gasteiger partial charge in [-0.3, -0.25) is 0 Å². The minimum absolute atomic E-state index is 0.562. The molecule has 0 bridgehead atoms. The number of anilines is 2. The van der Waals surface area contributed by atoms with E-state index in [1.807, 2.05) is 34.7 Å². The van der Waals surface area contributed by atoms with Crippen LogP contribution in [0.2, 0.25) is 0 Å². The van der Waals surface area contributed by atoms with Crippen molar-refractivity contribution in [2.45, 2.75) is 0 Å². The van der Waals surface area contributed by atoms with Crippen molar-refractivity contribution in [2.24, 2.45) is 0 Å². The van der Waals surface area contributed by atoms with Crippen LogP contribution in [0.3, 0.4) is 0 Å². The maximum Gasteiger partial charge on any atom is 0.261 e. The third-order valence-corrected chi connectivity index (χ3v) is 4.87. The molecule has 0 radical (unpaired) electrons. The molecule has 9 heteroatoms. The summed E-state index contributed by atoms with van der Waals surface area (Å²) < 4.78 is 12.9. The van der Waals surface area contributed by atoms with E-state index in [0.29, 0.717) is 38.2 Å². The Bertz CT molecular complexity index is 918. The molecule has 9 nitrogen and oxygen atoms in total. The summed E-state index contributed by atoms with van der Waals surface area (Å²) in [5.74, 6) is 2.81. The number of ether oxygens (including phenoxy) is 2. The molecular weight excluding hydrogens is 346 g/mol. The highest BCUT2D eigenvalue weighted by molar-refractivity contribution is 5.62. The molecule has 27 heavy (non-hydrogen) atoms. The summed E-state index contributed by atoms with van der Waals surface area (Å²) >= 11 is 0. The SMILES string of the molecule is c1ccc(-c2nnc3nc(N4CCOCC4)nc(N4CCOCC4)n23)cc1. The van der Waals surface area contributed by atoms with Crippen LogP contribution in [0.1, 0.15) is 0 Å². The minimum Gasteiger partial charge on any atom is -0.378 e. The summed E-state index contributed by atoms with van der Waals surface area (Å²) in [5.41, 5.74) is 0.988. The zero-order valence-corrected chi connectivity index (χ0v) is 15.0. The van der Waals surface area contributed by atoms with Crippen LogP contribution >= 0.6 is 0 Å². The summed E-state index contributed by atoms with van der Waals surface area (Å²) in [4.78, 5) is 14.0. The van der Waals surface area contributed by atoms with Crippen molar-refractivity contribution in [2.75, 3.05) is 62.4 Å². The zero-order chi connectivity index (χ0) is 18.1. The number of nitrogens with zero attached hydrogens (tertiary/aromatic N) is 7. The monoisotopic (exact) mass is 367 g/mol. The Morgan fingerprint density at radius 1 is 0.741 bits per heavy atom. The van der Waals surface area contributed by atoms with Gasteiger partial charge in [0.1, 0.15) is 0 Å². The van der Waals surface area contributed by atoms with Gasteiger partial charge in [0.15, 0.2) is 5.82 Å². The predicted molar refractivity (Wildman–Crippen MR) is 100 cm³/mol. The molecule has 2 aliphatic heterocycles. The lowest BCUT2D eigenvalue weighted by atomic mass is 10.2. The number of hydrogen-bond acceptors (Lipinski definition) is 8. The second-order valence-electron chi connectivity index (χ2n) is 6.55. The first-order chi connectivity index (χ1) is 13.4. The van der Waals surface area contributed by atoms with Gasteiger partial charge in [-0.1, -0.05) is 30.3 Å². The topological polar surface area (TPSA) is 80.9 Å². The normalized spacial score (nSPS) is 18.2. The Hall–Kier alpha value is -2.78. The molecule has 0 aliphatic carbocycles. The van der Waals surface area contributed by atoms with Gasteiger partial charge >= 0.3 is 0 Å². The average Bonchev–Trinajstić information content (AvgIpc) is 3.19. The first-order valence-corrected chi connectivity index (χ1v) is 9.24. The summed E-state index contributed by atoms with van der Waals surface area (Å²) in [6.45, 7) is 5.84. The maximum atomic E-state index is 5.52. The Morgan fingerprint density at radius 3 is 2.11 bits per heavy atom. The average molecular weight is 367 g/mol. The van der Waals surface area contributed by atoms with Crippen molar-refractivity contribution in [3.8, 4) is 11.4 Å². The summed E-state index contributed by atoms with van der Waals surface area (Å²) in [6.07, 6.45) is 0. The van der Waals surface area contributed by atoms with Crippen molar-refractivity contribution in [1.29, 1.82) is 0 Å². The van der Waals surface area contributed by atoms with Crippen molar-refractivity contribution in [1.82, 2.24) is 24.6 Å². The van der Waals surface area contributed by atoms with Crippen LogP contribution in [0.15, 0.2) is 30.3 Å². The molecule has 0 N–H and O–H groups in total. The molecule has 140 valence electrons. The highest BCUT2D eigenvalue weighted by Gasteiger charge is 2.24. The number of aromatic nitrogens is 5. The lowest BCUT2D eigenvalue weighted by Crippen LogP contribution is -2.40. The van der Waals surface area contributed by atoms with Crippen LogP contribution in [-0.4, -0.2) is 77.2 Å². The summed E-state index contributed by atoms with van der Waals surface area (Å²) in [5, 5.41) is 8.77. The summed E-state index contributed by atoms with van der Waals surface area (Å²) in [7, 11) is 0. The second kappa shape index (κ2) is 7.09. The van der Waals surface area contributed by atoms with Gasteiger partial charge in [-0.2, -0.15) is 9.97 Å². The molecule has 2 fully saturated rings. The van der Waals surface area contributed by atoms with Crippen molar-refractivity contribution >= 4 is 17.7 Å². The van der Waals surface area contributed by atoms with Crippen LogP contribution in [0.5, 0.6) is 0 Å². The van der Waals surface area contributed by atoms with Crippen molar-refractivity contribution in [3.63, 3.8) is 0 Å². The van der Waals surface area contributed by atoms with E-state index in [9.17, 15) is 0 Å². The van der Waals surface area contributed by atoms with Crippen LogP contribution in [0.25, 0.3) is 17.2 Å². The van der Waals surface area contributed by atoms with Crippen molar-refractivity contribution in [3.05, 3.63) is 30.3 Å². The van der Waals surface area contributed by atoms with E-state index in [1.54, 1.807) is 0 Å². The third-order valence-electron chi connectivity index (χ3n) is 4.87. The fraction of sp³-hybridized carbons (Fsp3) is 0.444. The smallest absolute Gasteiger partial charge is 0.261 e. The standard InChI is InChI=1S/C18H21N7O2/c1-2-4-14(5-3-1)15-21-22-17-19-16(23-6-10-26-11-7-23)20-18(25(15)17)24-8-12-27-13-9-24/h1-5H,6-13H2. The minimum atomic E-state index is 0.562. The molecule has 0 amide bonds. The fourth-order valence-corrected chi connectivity index (χ4v) is 3.44. The van der Waals surface area contributed by atoms with Gasteiger partial charge in [-0.25, -0.2) is 4.40 Å². The Morgan fingerprint density at radius 2 is 1.41 bits per heavy atom. The number of fused-ring (bicyclic) bond motifs is 1. The first kappa shape index (κ1) is 16.4. The molecule has 0 spiro atoms. The molecule has 1 aromatic carbocycles. The molecule has 0 atom stereocenters. The molecule has 2 saturated heterocycles. The molecule has 2 aromatic heterocycles. The van der Waals surface area contributed by atoms with E-state index in [-0.39, 0.29) is 0 Å². The fourth-order valence-electron chi connectivity index (χ4n) is 3.44. The lowest BCUT2D eigenvalue weighted by molar-refractivity contribution is 0.121. The molecule has 4 heterocycles. The van der Waals surface area contributed by atoms with E-state index in [2.05, 4.69) is 20.0 Å². The van der Waals surface area contributed by atoms with Gasteiger partial charge in [-0.05, 0) is 0 Å². The largest absolute Gasteiger partial charge is 0.378 e. The number of rotatable bonds is 3. The predicted octanol–water partition coefficient (Wildman–Crippen LogP) is 0.859. The number of hydrogen-bond donors (Lipinski definition) is 0. The van der Waals surface area contributed by atoms with Crippen LogP contribution in [-0.2, 0) is 9.47 Å². The Kier molecular flexibility index (Phi) is 4.30. The Balaban J connectivity index is 1.66. The molecular formula is C18H21N7O2. The number of morpholine rings is 2. The van der Waals surface area contributed by atoms with Gasteiger partial charge in [0.2, 0.25) is 11.9 Å². The van der Waals surface area contributed by atoms with E-state index >= 15 is 0 Å². The van der Waals surface area contributed by atoms with Crippen LogP contribution in [0.4, 0.5) is 11.9 Å². The highest BCUT2D eigenvalue weighted by Crippen LogP contribution is 2.25. The first-order valence-electron chi connectivity index (χ1n) is 9.24. The van der Waals surface area contributed by atoms with E-state index < -0.39 is 0 Å². The Labute approximate surface area is 156 Å². The van der Waals surface area contributed by atoms with E-state index in [0.717, 1.165) is 43.5 Å². The molecule has 5 rings (SSSR count).